The van der Waals surface area contributed by atoms with Crippen LogP contribution >= 0.6 is 11.8 Å². The second kappa shape index (κ2) is 7.31. The van der Waals surface area contributed by atoms with Crippen LogP contribution in [0.25, 0.3) is 11.0 Å². The van der Waals surface area contributed by atoms with Gasteiger partial charge < -0.3 is 5.73 Å². The predicted octanol–water partition coefficient (Wildman–Crippen LogP) is 1.56. The fourth-order valence-corrected chi connectivity index (χ4v) is 3.76. The van der Waals surface area contributed by atoms with Crippen LogP contribution in [0.2, 0.25) is 0 Å². The van der Waals surface area contributed by atoms with Crippen molar-refractivity contribution in [2.75, 3.05) is 5.75 Å². The van der Waals surface area contributed by atoms with Gasteiger partial charge >= 0.3 is 0 Å². The van der Waals surface area contributed by atoms with Gasteiger partial charge in [-0.15, -0.1) is 0 Å². The van der Waals surface area contributed by atoms with E-state index in [0.29, 0.717) is 16.5 Å². The van der Waals surface area contributed by atoms with Gasteiger partial charge in [0.1, 0.15) is 0 Å². The van der Waals surface area contributed by atoms with Gasteiger partial charge in [0.05, 0.1) is 28.2 Å². The smallest absolute Gasteiger partial charge is 0.238 e. The topological polar surface area (TPSA) is 130 Å². The standard InChI is InChI=1S/C16H20N6O2S2/c1-3-8-25-16-20-14(12-9-19-22(2)15(12)21-16)13(17)10-4-6-11(7-5-10)26(18,23)24/h4-7,9,13H,3,8,17H2,1-2H3,(H2,18,23,24). The van der Waals surface area contributed by atoms with Gasteiger partial charge in [-0.3, -0.25) is 4.68 Å². The van der Waals surface area contributed by atoms with Crippen LogP contribution in [0.4, 0.5) is 0 Å². The molecule has 0 aliphatic rings. The van der Waals surface area contributed by atoms with Gasteiger partial charge in [-0.2, -0.15) is 5.10 Å². The molecule has 2 aromatic heterocycles. The summed E-state index contributed by atoms with van der Waals surface area (Å²) in [7, 11) is -1.92. The Kier molecular flexibility index (Phi) is 5.28. The first-order valence-corrected chi connectivity index (χ1v) is 10.5. The summed E-state index contributed by atoms with van der Waals surface area (Å²) in [4.78, 5) is 9.23. The highest BCUT2D eigenvalue weighted by atomic mass is 32.2. The zero-order valence-corrected chi connectivity index (χ0v) is 16.1. The maximum absolute atomic E-state index is 11.4. The molecular weight excluding hydrogens is 372 g/mol. The van der Waals surface area contributed by atoms with Gasteiger partial charge in [0.2, 0.25) is 10.0 Å². The van der Waals surface area contributed by atoms with Crippen LogP contribution in [0.3, 0.4) is 0 Å². The minimum Gasteiger partial charge on any atom is -0.319 e. The van der Waals surface area contributed by atoms with Gasteiger partial charge in [0.25, 0.3) is 0 Å². The summed E-state index contributed by atoms with van der Waals surface area (Å²) >= 11 is 1.57. The minimum atomic E-state index is -3.74. The van der Waals surface area contributed by atoms with Crippen LogP contribution in [-0.4, -0.2) is 33.9 Å². The lowest BCUT2D eigenvalue weighted by molar-refractivity contribution is 0.597. The molecular formula is C16H20N6O2S2. The van der Waals surface area contributed by atoms with Gasteiger partial charge in [-0.1, -0.05) is 30.8 Å². The number of benzene rings is 1. The van der Waals surface area contributed by atoms with E-state index in [0.717, 1.165) is 23.1 Å². The Balaban J connectivity index is 2.05. The molecule has 2 heterocycles. The average Bonchev–Trinajstić information content (AvgIpc) is 2.99. The van der Waals surface area contributed by atoms with E-state index in [2.05, 4.69) is 22.0 Å². The molecule has 3 aromatic rings. The first kappa shape index (κ1) is 18.8. The molecule has 1 aromatic carbocycles. The van der Waals surface area contributed by atoms with Crippen molar-refractivity contribution in [3.8, 4) is 0 Å². The van der Waals surface area contributed by atoms with Crippen LogP contribution in [0.1, 0.15) is 30.6 Å². The molecule has 0 aliphatic carbocycles. The fourth-order valence-electron chi connectivity index (χ4n) is 2.54. The molecule has 10 heteroatoms. The number of sulfonamides is 1. The Bertz CT molecular complexity index is 1030. The highest BCUT2D eigenvalue weighted by molar-refractivity contribution is 7.99. The van der Waals surface area contributed by atoms with Gasteiger partial charge in [-0.25, -0.2) is 23.5 Å². The van der Waals surface area contributed by atoms with E-state index in [1.165, 1.54) is 12.1 Å². The number of aromatic nitrogens is 4. The third kappa shape index (κ3) is 3.73. The van der Waals surface area contributed by atoms with E-state index < -0.39 is 16.1 Å². The second-order valence-electron chi connectivity index (χ2n) is 5.84. The van der Waals surface area contributed by atoms with Crippen LogP contribution < -0.4 is 10.9 Å². The summed E-state index contributed by atoms with van der Waals surface area (Å²) in [6.07, 6.45) is 2.70. The third-order valence-corrected chi connectivity index (χ3v) is 5.88. The van der Waals surface area contributed by atoms with Crippen molar-refractivity contribution in [2.45, 2.75) is 29.4 Å². The van der Waals surface area contributed by atoms with Crippen molar-refractivity contribution in [3.05, 3.63) is 41.7 Å². The van der Waals surface area contributed by atoms with Gasteiger partial charge in [0, 0.05) is 12.8 Å². The Morgan fingerprint density at radius 3 is 2.54 bits per heavy atom. The molecule has 26 heavy (non-hydrogen) atoms. The Morgan fingerprint density at radius 1 is 1.23 bits per heavy atom. The number of hydrogen-bond acceptors (Lipinski definition) is 7. The molecule has 0 radical (unpaired) electrons. The number of nitrogens with zero attached hydrogens (tertiary/aromatic N) is 4. The molecule has 4 N–H and O–H groups in total. The zero-order chi connectivity index (χ0) is 18.9. The molecule has 0 saturated heterocycles. The number of nitrogens with two attached hydrogens (primary N) is 2. The van der Waals surface area contributed by atoms with E-state index in [9.17, 15) is 8.42 Å². The van der Waals surface area contributed by atoms with Crippen molar-refractivity contribution < 1.29 is 8.42 Å². The molecule has 0 amide bonds. The summed E-state index contributed by atoms with van der Waals surface area (Å²) in [5.74, 6) is 0.904. The zero-order valence-electron chi connectivity index (χ0n) is 14.5. The van der Waals surface area contributed by atoms with Crippen LogP contribution in [0.15, 0.2) is 40.5 Å². The number of primary sulfonamides is 1. The highest BCUT2D eigenvalue weighted by Crippen LogP contribution is 2.28. The summed E-state index contributed by atoms with van der Waals surface area (Å²) < 4.78 is 24.5. The molecule has 0 fully saturated rings. The minimum absolute atomic E-state index is 0.0434. The SMILES string of the molecule is CCCSc1nc(C(N)c2ccc(S(N)(=O)=O)cc2)c2cnn(C)c2n1. The largest absolute Gasteiger partial charge is 0.319 e. The van der Waals surface area contributed by atoms with Crippen molar-refractivity contribution in [2.24, 2.45) is 17.9 Å². The molecule has 0 spiro atoms. The van der Waals surface area contributed by atoms with Crippen molar-refractivity contribution in [3.63, 3.8) is 0 Å². The lowest BCUT2D eigenvalue weighted by Gasteiger charge is -2.14. The molecule has 0 aliphatic heterocycles. The van der Waals surface area contributed by atoms with Crippen LogP contribution in [0.5, 0.6) is 0 Å². The number of fused-ring (bicyclic) bond motifs is 1. The predicted molar refractivity (Wildman–Crippen MR) is 101 cm³/mol. The average molecular weight is 393 g/mol. The normalized spacial score (nSPS) is 13.2. The van der Waals surface area contributed by atoms with Crippen molar-refractivity contribution in [1.29, 1.82) is 0 Å². The monoisotopic (exact) mass is 392 g/mol. The molecule has 1 atom stereocenters. The van der Waals surface area contributed by atoms with E-state index in [1.807, 2.05) is 7.05 Å². The van der Waals surface area contributed by atoms with E-state index in [1.54, 1.807) is 34.8 Å². The molecule has 8 nitrogen and oxygen atoms in total. The fraction of sp³-hybridized carbons (Fsp3) is 0.312. The maximum Gasteiger partial charge on any atom is 0.238 e. The molecule has 138 valence electrons. The first-order chi connectivity index (χ1) is 12.3. The number of aryl methyl sites for hydroxylation is 1. The van der Waals surface area contributed by atoms with Crippen LogP contribution in [0, 0.1) is 0 Å². The lowest BCUT2D eigenvalue weighted by Crippen LogP contribution is -2.16. The number of hydrogen-bond donors (Lipinski definition) is 2. The molecule has 0 saturated carbocycles. The van der Waals surface area contributed by atoms with E-state index in [4.69, 9.17) is 10.9 Å². The summed E-state index contributed by atoms with van der Waals surface area (Å²) in [5.41, 5.74) is 8.53. The van der Waals surface area contributed by atoms with E-state index >= 15 is 0 Å². The Hall–Kier alpha value is -2.01. The Labute approximate surface area is 156 Å². The number of rotatable bonds is 6. The lowest BCUT2D eigenvalue weighted by atomic mass is 10.0. The summed E-state index contributed by atoms with van der Waals surface area (Å²) in [6, 6.07) is 5.64. The second-order valence-corrected chi connectivity index (χ2v) is 8.46. The van der Waals surface area contributed by atoms with Crippen molar-refractivity contribution in [1.82, 2.24) is 19.7 Å². The number of thioether (sulfide) groups is 1. The molecule has 0 bridgehead atoms. The van der Waals surface area contributed by atoms with Gasteiger partial charge in [0.15, 0.2) is 10.8 Å². The summed E-state index contributed by atoms with van der Waals surface area (Å²) in [5, 5.41) is 10.8. The molecule has 3 rings (SSSR count). The summed E-state index contributed by atoms with van der Waals surface area (Å²) in [6.45, 7) is 2.09. The van der Waals surface area contributed by atoms with Gasteiger partial charge in [-0.05, 0) is 24.1 Å². The van der Waals surface area contributed by atoms with Crippen LogP contribution in [-0.2, 0) is 17.1 Å². The maximum atomic E-state index is 11.4. The van der Waals surface area contributed by atoms with Crippen molar-refractivity contribution >= 4 is 32.8 Å². The molecule has 1 unspecified atom stereocenters. The first-order valence-electron chi connectivity index (χ1n) is 8.02. The third-order valence-electron chi connectivity index (χ3n) is 3.90. The quantitative estimate of drug-likeness (QED) is 0.481. The van der Waals surface area contributed by atoms with E-state index in [-0.39, 0.29) is 4.90 Å². The Morgan fingerprint density at radius 2 is 1.92 bits per heavy atom. The highest BCUT2D eigenvalue weighted by Gasteiger charge is 2.19.